The van der Waals surface area contributed by atoms with Crippen LogP contribution in [0, 0.1) is 6.92 Å². The van der Waals surface area contributed by atoms with Gasteiger partial charge in [0.1, 0.15) is 0 Å². The van der Waals surface area contributed by atoms with E-state index in [0.717, 1.165) is 24.3 Å². The van der Waals surface area contributed by atoms with E-state index in [-0.39, 0.29) is 5.28 Å². The highest BCUT2D eigenvalue weighted by atomic mass is 35.5. The summed E-state index contributed by atoms with van der Waals surface area (Å²) in [5, 5.41) is 0.281. The SMILES string of the molecule is Cc1nc(Cl)ncc1OC1CCCCC1. The number of halogens is 1. The quantitative estimate of drug-likeness (QED) is 0.727. The molecule has 1 aliphatic rings. The number of ether oxygens (including phenoxy) is 1. The molecule has 0 spiro atoms. The van der Waals surface area contributed by atoms with Crippen molar-refractivity contribution in [2.24, 2.45) is 0 Å². The minimum atomic E-state index is 0.281. The van der Waals surface area contributed by atoms with Gasteiger partial charge >= 0.3 is 0 Å². The van der Waals surface area contributed by atoms with Crippen LogP contribution in [0.3, 0.4) is 0 Å². The minimum absolute atomic E-state index is 0.281. The first-order valence-electron chi connectivity index (χ1n) is 5.41. The van der Waals surface area contributed by atoms with Crippen molar-refractivity contribution in [2.75, 3.05) is 0 Å². The van der Waals surface area contributed by atoms with Gasteiger partial charge in [0.2, 0.25) is 5.28 Å². The van der Waals surface area contributed by atoms with Crippen LogP contribution in [0.1, 0.15) is 37.8 Å². The van der Waals surface area contributed by atoms with Gasteiger partial charge in [0.15, 0.2) is 5.75 Å². The Kier molecular flexibility index (Phi) is 3.41. The summed E-state index contributed by atoms with van der Waals surface area (Å²) in [4.78, 5) is 8.00. The molecule has 0 saturated heterocycles. The lowest BCUT2D eigenvalue weighted by molar-refractivity contribution is 0.152. The predicted octanol–water partition coefficient (Wildman–Crippen LogP) is 3.15. The molecule has 1 fully saturated rings. The molecule has 0 radical (unpaired) electrons. The van der Waals surface area contributed by atoms with E-state index in [0.29, 0.717) is 6.10 Å². The first-order valence-corrected chi connectivity index (χ1v) is 5.79. The van der Waals surface area contributed by atoms with Gasteiger partial charge in [-0.1, -0.05) is 6.42 Å². The van der Waals surface area contributed by atoms with E-state index in [2.05, 4.69) is 9.97 Å². The highest BCUT2D eigenvalue weighted by molar-refractivity contribution is 6.28. The Morgan fingerprint density at radius 1 is 1.33 bits per heavy atom. The Morgan fingerprint density at radius 3 is 2.73 bits per heavy atom. The molecule has 0 unspecified atom stereocenters. The zero-order valence-corrected chi connectivity index (χ0v) is 9.63. The summed E-state index contributed by atoms with van der Waals surface area (Å²) in [6.07, 6.45) is 8.14. The van der Waals surface area contributed by atoms with Crippen LogP contribution in [0.5, 0.6) is 5.75 Å². The monoisotopic (exact) mass is 226 g/mol. The molecule has 0 bridgehead atoms. The lowest BCUT2D eigenvalue weighted by Gasteiger charge is -2.23. The molecule has 0 N–H and O–H groups in total. The van der Waals surface area contributed by atoms with Gasteiger partial charge < -0.3 is 4.74 Å². The second-order valence-electron chi connectivity index (χ2n) is 3.97. The number of hydrogen-bond acceptors (Lipinski definition) is 3. The molecule has 0 amide bonds. The number of nitrogens with zero attached hydrogens (tertiary/aromatic N) is 2. The smallest absolute Gasteiger partial charge is 0.222 e. The number of aromatic nitrogens is 2. The van der Waals surface area contributed by atoms with E-state index in [9.17, 15) is 0 Å². The molecule has 82 valence electrons. The van der Waals surface area contributed by atoms with Crippen LogP contribution in [-0.2, 0) is 0 Å². The van der Waals surface area contributed by atoms with Gasteiger partial charge in [0, 0.05) is 0 Å². The second kappa shape index (κ2) is 4.79. The third-order valence-corrected chi connectivity index (χ3v) is 2.93. The lowest BCUT2D eigenvalue weighted by Crippen LogP contribution is -2.20. The standard InChI is InChI=1S/C11H15ClN2O/c1-8-10(7-13-11(12)14-8)15-9-5-3-2-4-6-9/h7,9H,2-6H2,1H3. The maximum absolute atomic E-state index is 5.86. The second-order valence-corrected chi connectivity index (χ2v) is 4.30. The van der Waals surface area contributed by atoms with Gasteiger partial charge in [-0.2, -0.15) is 0 Å². The van der Waals surface area contributed by atoms with Crippen LogP contribution in [0.15, 0.2) is 6.20 Å². The Morgan fingerprint density at radius 2 is 2.07 bits per heavy atom. The van der Waals surface area contributed by atoms with Crippen LogP contribution in [0.4, 0.5) is 0 Å². The summed E-state index contributed by atoms with van der Waals surface area (Å²) in [6, 6.07) is 0. The zero-order valence-electron chi connectivity index (χ0n) is 8.87. The fourth-order valence-electron chi connectivity index (χ4n) is 1.91. The van der Waals surface area contributed by atoms with Gasteiger partial charge in [-0.05, 0) is 44.2 Å². The third-order valence-electron chi connectivity index (χ3n) is 2.75. The molecule has 1 saturated carbocycles. The molecule has 1 heterocycles. The van der Waals surface area contributed by atoms with E-state index in [1.54, 1.807) is 6.20 Å². The first-order chi connectivity index (χ1) is 7.25. The molecule has 2 rings (SSSR count). The Balaban J connectivity index is 2.03. The fourth-order valence-corrected chi connectivity index (χ4v) is 2.08. The van der Waals surface area contributed by atoms with Crippen LogP contribution in [-0.4, -0.2) is 16.1 Å². The van der Waals surface area contributed by atoms with Gasteiger partial charge in [-0.15, -0.1) is 0 Å². The van der Waals surface area contributed by atoms with Crippen molar-refractivity contribution < 1.29 is 4.74 Å². The van der Waals surface area contributed by atoms with E-state index in [4.69, 9.17) is 16.3 Å². The lowest BCUT2D eigenvalue weighted by atomic mass is 9.98. The molecule has 1 aromatic heterocycles. The molecular weight excluding hydrogens is 212 g/mol. The molecule has 0 atom stereocenters. The average Bonchev–Trinajstić information content (AvgIpc) is 2.24. The molecular formula is C11H15ClN2O. The van der Waals surface area contributed by atoms with Crippen molar-refractivity contribution >= 4 is 11.6 Å². The van der Waals surface area contributed by atoms with Crippen molar-refractivity contribution in [3.05, 3.63) is 17.2 Å². The van der Waals surface area contributed by atoms with Crippen molar-refractivity contribution in [3.8, 4) is 5.75 Å². The molecule has 0 aromatic carbocycles. The molecule has 0 aliphatic heterocycles. The summed E-state index contributed by atoms with van der Waals surface area (Å²) < 4.78 is 5.86. The van der Waals surface area contributed by atoms with E-state index < -0.39 is 0 Å². The van der Waals surface area contributed by atoms with Crippen molar-refractivity contribution in [1.29, 1.82) is 0 Å². The van der Waals surface area contributed by atoms with Crippen molar-refractivity contribution in [2.45, 2.75) is 45.1 Å². The minimum Gasteiger partial charge on any atom is -0.487 e. The summed E-state index contributed by atoms with van der Waals surface area (Å²) in [5.74, 6) is 0.770. The number of hydrogen-bond donors (Lipinski definition) is 0. The molecule has 1 aliphatic carbocycles. The fraction of sp³-hybridized carbons (Fsp3) is 0.636. The Bertz CT molecular complexity index is 337. The molecule has 15 heavy (non-hydrogen) atoms. The summed E-state index contributed by atoms with van der Waals surface area (Å²) in [5.41, 5.74) is 0.820. The summed E-state index contributed by atoms with van der Waals surface area (Å²) >= 11 is 5.68. The van der Waals surface area contributed by atoms with Crippen molar-refractivity contribution in [3.63, 3.8) is 0 Å². The highest BCUT2D eigenvalue weighted by Gasteiger charge is 2.16. The maximum Gasteiger partial charge on any atom is 0.222 e. The summed E-state index contributed by atoms with van der Waals surface area (Å²) in [7, 11) is 0. The van der Waals surface area contributed by atoms with E-state index >= 15 is 0 Å². The van der Waals surface area contributed by atoms with Crippen LogP contribution in [0.25, 0.3) is 0 Å². The van der Waals surface area contributed by atoms with Gasteiger partial charge in [0.05, 0.1) is 18.0 Å². The topological polar surface area (TPSA) is 35.0 Å². The number of aryl methyl sites for hydroxylation is 1. The van der Waals surface area contributed by atoms with E-state index in [1.807, 2.05) is 6.92 Å². The van der Waals surface area contributed by atoms with Crippen LogP contribution >= 0.6 is 11.6 Å². The Labute approximate surface area is 94.8 Å². The van der Waals surface area contributed by atoms with Gasteiger partial charge in [-0.3, -0.25) is 0 Å². The maximum atomic E-state index is 5.86. The normalized spacial score (nSPS) is 17.7. The van der Waals surface area contributed by atoms with Crippen LogP contribution < -0.4 is 4.74 Å². The predicted molar refractivity (Wildman–Crippen MR) is 59.3 cm³/mol. The van der Waals surface area contributed by atoms with Gasteiger partial charge in [-0.25, -0.2) is 9.97 Å². The van der Waals surface area contributed by atoms with Crippen LogP contribution in [0.2, 0.25) is 5.28 Å². The largest absolute Gasteiger partial charge is 0.487 e. The zero-order chi connectivity index (χ0) is 10.7. The average molecular weight is 227 g/mol. The first kappa shape index (κ1) is 10.7. The third kappa shape index (κ3) is 2.81. The summed E-state index contributed by atoms with van der Waals surface area (Å²) in [6.45, 7) is 1.89. The highest BCUT2D eigenvalue weighted by Crippen LogP contribution is 2.24. The van der Waals surface area contributed by atoms with E-state index in [1.165, 1.54) is 19.3 Å². The molecule has 4 heteroatoms. The van der Waals surface area contributed by atoms with Gasteiger partial charge in [0.25, 0.3) is 0 Å². The molecule has 3 nitrogen and oxygen atoms in total. The van der Waals surface area contributed by atoms with Crippen molar-refractivity contribution in [1.82, 2.24) is 9.97 Å². The molecule has 1 aromatic rings. The number of rotatable bonds is 2. The Hall–Kier alpha value is -0.830.